The van der Waals surface area contributed by atoms with Crippen LogP contribution >= 0.6 is 11.6 Å². The molecule has 90 valence electrons. The second-order valence-electron chi connectivity index (χ2n) is 3.31. The Kier molecular flexibility index (Phi) is 4.73. The SMILES string of the molecule is Cc1ccccc1S(=O)(=O)OCC(O)CCl. The number of aliphatic hydroxyl groups is 1. The summed E-state index contributed by atoms with van der Waals surface area (Å²) in [7, 11) is -3.81. The van der Waals surface area contributed by atoms with Gasteiger partial charge >= 0.3 is 0 Å². The zero-order valence-electron chi connectivity index (χ0n) is 8.76. The van der Waals surface area contributed by atoms with E-state index < -0.39 is 16.2 Å². The lowest BCUT2D eigenvalue weighted by molar-refractivity contribution is 0.128. The normalized spacial score (nSPS) is 13.7. The lowest BCUT2D eigenvalue weighted by Crippen LogP contribution is -2.20. The smallest absolute Gasteiger partial charge is 0.297 e. The Balaban J connectivity index is 2.83. The molecule has 0 saturated carbocycles. The fourth-order valence-electron chi connectivity index (χ4n) is 1.11. The van der Waals surface area contributed by atoms with Crippen LogP contribution < -0.4 is 0 Å². The minimum absolute atomic E-state index is 0.0662. The molecule has 0 bridgehead atoms. The number of rotatable bonds is 5. The largest absolute Gasteiger partial charge is 0.389 e. The van der Waals surface area contributed by atoms with Crippen LogP contribution in [0.2, 0.25) is 0 Å². The molecule has 0 aliphatic rings. The summed E-state index contributed by atoms with van der Waals surface area (Å²) in [6.45, 7) is 1.34. The summed E-state index contributed by atoms with van der Waals surface area (Å²) in [6.07, 6.45) is -0.986. The molecule has 1 unspecified atom stereocenters. The number of aryl methyl sites for hydroxylation is 1. The van der Waals surface area contributed by atoms with Crippen molar-refractivity contribution in [3.05, 3.63) is 29.8 Å². The molecule has 0 spiro atoms. The van der Waals surface area contributed by atoms with Gasteiger partial charge in [-0.2, -0.15) is 8.42 Å². The molecule has 0 aliphatic carbocycles. The van der Waals surface area contributed by atoms with E-state index in [4.69, 9.17) is 16.7 Å². The molecule has 4 nitrogen and oxygen atoms in total. The Morgan fingerprint density at radius 1 is 1.44 bits per heavy atom. The molecule has 0 saturated heterocycles. The van der Waals surface area contributed by atoms with Crippen molar-refractivity contribution in [3.63, 3.8) is 0 Å². The van der Waals surface area contributed by atoms with E-state index in [1.165, 1.54) is 6.07 Å². The Morgan fingerprint density at radius 3 is 2.62 bits per heavy atom. The van der Waals surface area contributed by atoms with Crippen LogP contribution in [0.25, 0.3) is 0 Å². The minimum atomic E-state index is -3.81. The first kappa shape index (κ1) is 13.4. The lowest BCUT2D eigenvalue weighted by Gasteiger charge is -2.10. The summed E-state index contributed by atoms with van der Waals surface area (Å²) in [6, 6.07) is 6.48. The quantitative estimate of drug-likeness (QED) is 0.643. The molecule has 1 N–H and O–H groups in total. The molecule has 1 aromatic carbocycles. The number of hydrogen-bond acceptors (Lipinski definition) is 4. The minimum Gasteiger partial charge on any atom is -0.389 e. The predicted molar refractivity (Wildman–Crippen MR) is 61.0 cm³/mol. The van der Waals surface area contributed by atoms with Crippen molar-refractivity contribution in [1.29, 1.82) is 0 Å². The summed E-state index contributed by atoms with van der Waals surface area (Å²) >= 11 is 5.33. The molecular weight excluding hydrogens is 252 g/mol. The highest BCUT2D eigenvalue weighted by Crippen LogP contribution is 2.16. The molecule has 16 heavy (non-hydrogen) atoms. The zero-order valence-corrected chi connectivity index (χ0v) is 10.3. The molecule has 0 aromatic heterocycles. The summed E-state index contributed by atoms with van der Waals surface area (Å²) in [5.74, 6) is -0.0662. The number of alkyl halides is 1. The van der Waals surface area contributed by atoms with Crippen molar-refractivity contribution in [2.75, 3.05) is 12.5 Å². The van der Waals surface area contributed by atoms with Gasteiger partial charge in [0.2, 0.25) is 0 Å². The topological polar surface area (TPSA) is 63.6 Å². The first-order valence-electron chi connectivity index (χ1n) is 4.66. The third kappa shape index (κ3) is 3.45. The molecule has 1 rings (SSSR count). The molecular formula is C10H13ClO4S. The maximum absolute atomic E-state index is 11.7. The second-order valence-corrected chi connectivity index (χ2v) is 5.20. The first-order valence-corrected chi connectivity index (χ1v) is 6.60. The van der Waals surface area contributed by atoms with Crippen LogP contribution in [-0.2, 0) is 14.3 Å². The number of benzene rings is 1. The van der Waals surface area contributed by atoms with Crippen LogP contribution in [0.1, 0.15) is 5.56 Å². The van der Waals surface area contributed by atoms with Crippen molar-refractivity contribution in [2.45, 2.75) is 17.9 Å². The van der Waals surface area contributed by atoms with E-state index in [0.717, 1.165) is 0 Å². The van der Waals surface area contributed by atoms with Gasteiger partial charge in [0.1, 0.15) is 0 Å². The van der Waals surface area contributed by atoms with Crippen LogP contribution in [0.4, 0.5) is 0 Å². The van der Waals surface area contributed by atoms with Crippen LogP contribution in [0.3, 0.4) is 0 Å². The third-order valence-corrected chi connectivity index (χ3v) is 3.76. The molecule has 0 heterocycles. The highest BCUT2D eigenvalue weighted by atomic mass is 35.5. The van der Waals surface area contributed by atoms with E-state index in [0.29, 0.717) is 5.56 Å². The van der Waals surface area contributed by atoms with E-state index in [9.17, 15) is 8.42 Å². The van der Waals surface area contributed by atoms with E-state index >= 15 is 0 Å². The van der Waals surface area contributed by atoms with E-state index in [2.05, 4.69) is 4.18 Å². The summed E-state index contributed by atoms with van der Waals surface area (Å²) in [5, 5.41) is 9.12. The first-order chi connectivity index (χ1) is 7.47. The van der Waals surface area contributed by atoms with Crippen LogP contribution in [0.15, 0.2) is 29.2 Å². The van der Waals surface area contributed by atoms with Gasteiger partial charge in [0.15, 0.2) is 0 Å². The van der Waals surface area contributed by atoms with Gasteiger partial charge in [-0.15, -0.1) is 11.6 Å². The van der Waals surface area contributed by atoms with Gasteiger partial charge in [-0.1, -0.05) is 18.2 Å². The predicted octanol–water partition coefficient (Wildman–Crippen LogP) is 1.30. The molecule has 0 fully saturated rings. The van der Waals surface area contributed by atoms with Crippen molar-refractivity contribution >= 4 is 21.7 Å². The fraction of sp³-hybridized carbons (Fsp3) is 0.400. The maximum atomic E-state index is 11.7. The summed E-state index contributed by atoms with van der Waals surface area (Å²) < 4.78 is 28.1. The van der Waals surface area contributed by atoms with Crippen molar-refractivity contribution in [2.24, 2.45) is 0 Å². The monoisotopic (exact) mass is 264 g/mol. The van der Waals surface area contributed by atoms with Crippen LogP contribution in [0.5, 0.6) is 0 Å². The van der Waals surface area contributed by atoms with Gasteiger partial charge in [0, 0.05) is 0 Å². The summed E-state index contributed by atoms with van der Waals surface area (Å²) in [4.78, 5) is 0.108. The van der Waals surface area contributed by atoms with Crippen molar-refractivity contribution in [1.82, 2.24) is 0 Å². The van der Waals surface area contributed by atoms with Crippen LogP contribution in [0, 0.1) is 6.92 Å². The highest BCUT2D eigenvalue weighted by molar-refractivity contribution is 7.86. The summed E-state index contributed by atoms with van der Waals surface area (Å²) in [5.41, 5.74) is 0.600. The number of halogens is 1. The van der Waals surface area contributed by atoms with Crippen molar-refractivity contribution in [3.8, 4) is 0 Å². The second kappa shape index (κ2) is 5.63. The molecule has 0 amide bonds. The van der Waals surface area contributed by atoms with E-state index in [1.54, 1.807) is 25.1 Å². The molecule has 6 heteroatoms. The number of aliphatic hydroxyl groups excluding tert-OH is 1. The van der Waals surface area contributed by atoms with E-state index in [1.807, 2.05) is 0 Å². The Labute approximate surface area is 99.9 Å². The molecule has 1 aromatic rings. The number of hydrogen-bond donors (Lipinski definition) is 1. The van der Waals surface area contributed by atoms with E-state index in [-0.39, 0.29) is 17.4 Å². The Morgan fingerprint density at radius 2 is 2.06 bits per heavy atom. The fourth-order valence-corrected chi connectivity index (χ4v) is 2.37. The third-order valence-electron chi connectivity index (χ3n) is 1.96. The van der Waals surface area contributed by atoms with Gasteiger partial charge in [-0.05, 0) is 18.6 Å². The molecule has 0 radical (unpaired) electrons. The lowest BCUT2D eigenvalue weighted by atomic mass is 10.2. The van der Waals surface area contributed by atoms with Gasteiger partial charge in [0.25, 0.3) is 10.1 Å². The highest BCUT2D eigenvalue weighted by Gasteiger charge is 2.18. The van der Waals surface area contributed by atoms with Crippen LogP contribution in [-0.4, -0.2) is 32.1 Å². The molecule has 1 atom stereocenters. The maximum Gasteiger partial charge on any atom is 0.297 e. The van der Waals surface area contributed by atoms with Gasteiger partial charge in [-0.3, -0.25) is 4.18 Å². The van der Waals surface area contributed by atoms with Gasteiger partial charge in [0.05, 0.1) is 23.5 Å². The van der Waals surface area contributed by atoms with Gasteiger partial charge < -0.3 is 5.11 Å². The standard InChI is InChI=1S/C10H13ClO4S/c1-8-4-2-3-5-10(8)16(13,14)15-7-9(12)6-11/h2-5,9,12H,6-7H2,1H3. The zero-order chi connectivity index (χ0) is 12.2. The Hall–Kier alpha value is -0.620. The average Bonchev–Trinajstić information content (AvgIpc) is 2.26. The Bertz CT molecular complexity index is 444. The average molecular weight is 265 g/mol. The van der Waals surface area contributed by atoms with Gasteiger partial charge in [-0.25, -0.2) is 0 Å². The molecule has 0 aliphatic heterocycles. The van der Waals surface area contributed by atoms with Crippen molar-refractivity contribution < 1.29 is 17.7 Å².